The van der Waals surface area contributed by atoms with Gasteiger partial charge < -0.3 is 0 Å². The Hall–Kier alpha value is -1.53. The summed E-state index contributed by atoms with van der Waals surface area (Å²) < 4.78 is 1.74. The molecule has 2 aromatic heterocycles. The van der Waals surface area contributed by atoms with Crippen molar-refractivity contribution in [2.45, 2.75) is 44.7 Å². The average Bonchev–Trinajstić information content (AvgIpc) is 3.32. The van der Waals surface area contributed by atoms with Crippen LogP contribution in [0.2, 0.25) is 0 Å². The summed E-state index contributed by atoms with van der Waals surface area (Å²) in [5.74, 6) is 1.34. The zero-order valence-electron chi connectivity index (χ0n) is 13.2. The Morgan fingerprint density at radius 1 is 1.22 bits per heavy atom. The second-order valence-corrected chi connectivity index (χ2v) is 7.63. The quantitative estimate of drug-likeness (QED) is 0.845. The summed E-state index contributed by atoms with van der Waals surface area (Å²) in [6.07, 6.45) is 8.15. The van der Waals surface area contributed by atoms with Crippen molar-refractivity contribution in [3.63, 3.8) is 0 Å². The summed E-state index contributed by atoms with van der Waals surface area (Å²) in [7, 11) is 0. The third-order valence-corrected chi connectivity index (χ3v) is 5.89. The van der Waals surface area contributed by atoms with Gasteiger partial charge in [0.2, 0.25) is 0 Å². The molecule has 0 amide bonds. The number of nitrogens with zero attached hydrogens (tertiary/aromatic N) is 4. The predicted octanol–water partition coefficient (Wildman–Crippen LogP) is 2.49. The lowest BCUT2D eigenvalue weighted by molar-refractivity contribution is 0.165. The molecule has 2 fully saturated rings. The van der Waals surface area contributed by atoms with Crippen molar-refractivity contribution < 1.29 is 0 Å². The minimum absolute atomic E-state index is 0.0532. The molecule has 0 unspecified atom stereocenters. The van der Waals surface area contributed by atoms with Crippen LogP contribution in [-0.4, -0.2) is 32.5 Å². The van der Waals surface area contributed by atoms with E-state index in [1.807, 2.05) is 11.3 Å². The molecule has 1 saturated carbocycles. The van der Waals surface area contributed by atoms with E-state index in [1.165, 1.54) is 29.6 Å². The number of thiazole rings is 1. The van der Waals surface area contributed by atoms with Gasteiger partial charge in [-0.05, 0) is 44.7 Å². The van der Waals surface area contributed by atoms with Crippen molar-refractivity contribution in [2.24, 2.45) is 5.92 Å². The van der Waals surface area contributed by atoms with Crippen LogP contribution in [-0.2, 0) is 13.1 Å². The van der Waals surface area contributed by atoms with Crippen molar-refractivity contribution >= 4 is 11.3 Å². The molecule has 0 atom stereocenters. The summed E-state index contributed by atoms with van der Waals surface area (Å²) in [6.45, 7) is 3.96. The second kappa shape index (κ2) is 6.53. The van der Waals surface area contributed by atoms with Crippen LogP contribution in [0.3, 0.4) is 0 Å². The lowest BCUT2D eigenvalue weighted by Gasteiger charge is -2.31. The van der Waals surface area contributed by atoms with E-state index in [4.69, 9.17) is 4.98 Å². The standard InChI is InChI=1S/C17H22N4OS/c22-16-3-6-18-12-21(16)9-13-4-7-20(8-5-13)10-15-11-23-17(19-15)14-1-2-14/h3,6,11-14H,1-2,4-5,7-10H2. The number of likely N-dealkylation sites (tertiary alicyclic amines) is 1. The molecule has 5 nitrogen and oxygen atoms in total. The topological polar surface area (TPSA) is 51.0 Å². The highest BCUT2D eigenvalue weighted by Crippen LogP contribution is 2.41. The van der Waals surface area contributed by atoms with Gasteiger partial charge in [-0.2, -0.15) is 0 Å². The number of piperidine rings is 1. The van der Waals surface area contributed by atoms with Crippen LogP contribution < -0.4 is 5.56 Å². The molecule has 1 saturated heterocycles. The van der Waals surface area contributed by atoms with Crippen molar-refractivity contribution in [1.82, 2.24) is 19.4 Å². The molecule has 2 aromatic rings. The Balaban J connectivity index is 1.28. The molecule has 1 aliphatic carbocycles. The highest BCUT2D eigenvalue weighted by Gasteiger charge is 2.27. The first-order valence-corrected chi connectivity index (χ1v) is 9.33. The van der Waals surface area contributed by atoms with Gasteiger partial charge in [0, 0.05) is 36.7 Å². The van der Waals surface area contributed by atoms with E-state index >= 15 is 0 Å². The first-order valence-electron chi connectivity index (χ1n) is 8.45. The summed E-state index contributed by atoms with van der Waals surface area (Å²) in [5.41, 5.74) is 1.29. The zero-order valence-corrected chi connectivity index (χ0v) is 14.0. The molecular weight excluding hydrogens is 308 g/mol. The van der Waals surface area contributed by atoms with Gasteiger partial charge in [0.05, 0.1) is 17.0 Å². The maximum Gasteiger partial charge on any atom is 0.253 e. The largest absolute Gasteiger partial charge is 0.299 e. The van der Waals surface area contributed by atoms with E-state index < -0.39 is 0 Å². The molecule has 3 heterocycles. The first kappa shape index (κ1) is 15.0. The number of rotatable bonds is 5. The highest BCUT2D eigenvalue weighted by molar-refractivity contribution is 7.09. The predicted molar refractivity (Wildman–Crippen MR) is 90.6 cm³/mol. The molecule has 0 bridgehead atoms. The minimum Gasteiger partial charge on any atom is -0.299 e. The Labute approximate surface area is 140 Å². The van der Waals surface area contributed by atoms with Gasteiger partial charge in [0.25, 0.3) is 5.56 Å². The molecule has 2 aliphatic rings. The molecule has 4 rings (SSSR count). The Kier molecular flexibility index (Phi) is 4.27. The summed E-state index contributed by atoms with van der Waals surface area (Å²) >= 11 is 1.83. The minimum atomic E-state index is 0.0532. The lowest BCUT2D eigenvalue weighted by Crippen LogP contribution is -2.36. The molecule has 0 N–H and O–H groups in total. The molecule has 0 radical (unpaired) electrons. The Morgan fingerprint density at radius 3 is 2.78 bits per heavy atom. The molecule has 0 spiro atoms. The van der Waals surface area contributed by atoms with Crippen LogP contribution in [0.1, 0.15) is 42.3 Å². The Bertz CT molecular complexity index is 713. The summed E-state index contributed by atoms with van der Waals surface area (Å²) in [4.78, 5) is 23.1. The molecule has 122 valence electrons. The fourth-order valence-electron chi connectivity index (χ4n) is 3.26. The van der Waals surface area contributed by atoms with E-state index in [0.717, 1.165) is 44.9 Å². The van der Waals surface area contributed by atoms with Crippen molar-refractivity contribution in [1.29, 1.82) is 0 Å². The molecular formula is C17H22N4OS. The van der Waals surface area contributed by atoms with Gasteiger partial charge in [0.1, 0.15) is 0 Å². The van der Waals surface area contributed by atoms with Crippen molar-refractivity contribution in [3.8, 4) is 0 Å². The van der Waals surface area contributed by atoms with Crippen LogP contribution in [0.15, 0.2) is 28.8 Å². The molecule has 23 heavy (non-hydrogen) atoms. The number of hydrogen-bond acceptors (Lipinski definition) is 5. The number of aromatic nitrogens is 3. The normalized spacial score (nSPS) is 20.0. The fraction of sp³-hybridized carbons (Fsp3) is 0.588. The van der Waals surface area contributed by atoms with Crippen LogP contribution in [0.25, 0.3) is 0 Å². The third-order valence-electron chi connectivity index (χ3n) is 4.84. The van der Waals surface area contributed by atoms with Gasteiger partial charge in [0.15, 0.2) is 0 Å². The zero-order chi connectivity index (χ0) is 15.6. The van der Waals surface area contributed by atoms with Gasteiger partial charge in [-0.15, -0.1) is 11.3 Å². The van der Waals surface area contributed by atoms with E-state index in [0.29, 0.717) is 5.92 Å². The summed E-state index contributed by atoms with van der Waals surface area (Å²) in [6, 6.07) is 1.54. The van der Waals surface area contributed by atoms with Crippen LogP contribution in [0.4, 0.5) is 0 Å². The Morgan fingerprint density at radius 2 is 2.04 bits per heavy atom. The van der Waals surface area contributed by atoms with E-state index in [-0.39, 0.29) is 5.56 Å². The number of hydrogen-bond donors (Lipinski definition) is 0. The smallest absolute Gasteiger partial charge is 0.253 e. The highest BCUT2D eigenvalue weighted by atomic mass is 32.1. The van der Waals surface area contributed by atoms with Gasteiger partial charge >= 0.3 is 0 Å². The lowest BCUT2D eigenvalue weighted by atomic mass is 9.96. The van der Waals surface area contributed by atoms with Gasteiger partial charge in [-0.1, -0.05) is 0 Å². The average molecular weight is 330 g/mol. The van der Waals surface area contributed by atoms with Gasteiger partial charge in [-0.3, -0.25) is 14.3 Å². The maximum atomic E-state index is 11.8. The molecule has 0 aromatic carbocycles. The van der Waals surface area contributed by atoms with E-state index in [2.05, 4.69) is 15.3 Å². The fourth-order valence-corrected chi connectivity index (χ4v) is 4.25. The summed E-state index contributed by atoms with van der Waals surface area (Å²) in [5, 5.41) is 3.57. The van der Waals surface area contributed by atoms with Gasteiger partial charge in [-0.25, -0.2) is 9.97 Å². The van der Waals surface area contributed by atoms with Crippen LogP contribution in [0, 0.1) is 5.92 Å². The monoisotopic (exact) mass is 330 g/mol. The molecule has 6 heteroatoms. The van der Waals surface area contributed by atoms with E-state index in [9.17, 15) is 4.79 Å². The SMILES string of the molecule is O=c1ccncn1CC1CCN(Cc2csc(C3CC3)n2)CC1. The van der Waals surface area contributed by atoms with E-state index in [1.54, 1.807) is 17.1 Å². The van der Waals surface area contributed by atoms with Crippen LogP contribution in [0.5, 0.6) is 0 Å². The first-order chi connectivity index (χ1) is 11.3. The van der Waals surface area contributed by atoms with Crippen molar-refractivity contribution in [3.05, 3.63) is 45.0 Å². The maximum absolute atomic E-state index is 11.8. The van der Waals surface area contributed by atoms with Crippen molar-refractivity contribution in [2.75, 3.05) is 13.1 Å². The second-order valence-electron chi connectivity index (χ2n) is 6.74. The third kappa shape index (κ3) is 3.70. The molecule has 1 aliphatic heterocycles. The van der Waals surface area contributed by atoms with Crippen LogP contribution >= 0.6 is 11.3 Å².